The number of nitrogens with one attached hydrogen (secondary N) is 1. The minimum absolute atomic E-state index is 0. The standard InChI is InChI=1S/C15H24N2O3.ClH/c1-11-9-17(6-5-16-11)10-12-7-13(18-2)15(20-4)14(8-12)19-3;/h7-8,11,16H,5-6,9-10H2,1-4H3;1H/t11-;/m0./s1. The van der Waals surface area contributed by atoms with Gasteiger partial charge in [0.25, 0.3) is 0 Å². The smallest absolute Gasteiger partial charge is 0.203 e. The Morgan fingerprint density at radius 3 is 2.24 bits per heavy atom. The lowest BCUT2D eigenvalue weighted by molar-refractivity contribution is 0.199. The maximum atomic E-state index is 5.39. The first-order valence-electron chi connectivity index (χ1n) is 6.92. The predicted molar refractivity (Wildman–Crippen MR) is 86.1 cm³/mol. The van der Waals surface area contributed by atoms with E-state index in [2.05, 4.69) is 17.1 Å². The number of methoxy groups -OCH3 is 3. The van der Waals surface area contributed by atoms with Crippen LogP contribution in [0.5, 0.6) is 17.2 Å². The van der Waals surface area contributed by atoms with Crippen LogP contribution in [0.4, 0.5) is 0 Å². The topological polar surface area (TPSA) is 43.0 Å². The molecule has 2 rings (SSSR count). The summed E-state index contributed by atoms with van der Waals surface area (Å²) in [6, 6.07) is 4.58. The van der Waals surface area contributed by atoms with Crippen LogP contribution in [0.25, 0.3) is 0 Å². The van der Waals surface area contributed by atoms with Crippen molar-refractivity contribution in [1.29, 1.82) is 0 Å². The van der Waals surface area contributed by atoms with Crippen molar-refractivity contribution in [3.05, 3.63) is 17.7 Å². The second-order valence-electron chi connectivity index (χ2n) is 5.12. The molecule has 21 heavy (non-hydrogen) atoms. The van der Waals surface area contributed by atoms with Gasteiger partial charge in [0.2, 0.25) is 5.75 Å². The average molecular weight is 317 g/mol. The van der Waals surface area contributed by atoms with E-state index >= 15 is 0 Å². The summed E-state index contributed by atoms with van der Waals surface area (Å²) in [5.74, 6) is 2.07. The number of rotatable bonds is 5. The van der Waals surface area contributed by atoms with E-state index in [1.807, 2.05) is 12.1 Å². The van der Waals surface area contributed by atoms with Gasteiger partial charge in [0, 0.05) is 32.2 Å². The van der Waals surface area contributed by atoms with Gasteiger partial charge in [-0.25, -0.2) is 0 Å². The van der Waals surface area contributed by atoms with Gasteiger partial charge in [-0.05, 0) is 24.6 Å². The Morgan fingerprint density at radius 1 is 1.14 bits per heavy atom. The van der Waals surface area contributed by atoms with Crippen LogP contribution in [-0.4, -0.2) is 51.9 Å². The normalized spacial score (nSPS) is 18.8. The van der Waals surface area contributed by atoms with E-state index in [0.29, 0.717) is 23.3 Å². The summed E-state index contributed by atoms with van der Waals surface area (Å²) in [4.78, 5) is 2.43. The fourth-order valence-electron chi connectivity index (χ4n) is 2.64. The van der Waals surface area contributed by atoms with Crippen LogP contribution in [0.15, 0.2) is 12.1 Å². The van der Waals surface area contributed by atoms with Crippen molar-refractivity contribution in [3.8, 4) is 17.2 Å². The molecule has 0 spiro atoms. The Kier molecular flexibility index (Phi) is 7.08. The third kappa shape index (κ3) is 4.40. The third-order valence-electron chi connectivity index (χ3n) is 3.58. The Bertz CT molecular complexity index is 432. The molecule has 0 aromatic heterocycles. The maximum absolute atomic E-state index is 5.39. The van der Waals surface area contributed by atoms with Crippen LogP contribution in [0.2, 0.25) is 0 Å². The first kappa shape index (κ1) is 17.9. The quantitative estimate of drug-likeness (QED) is 0.899. The van der Waals surface area contributed by atoms with E-state index in [1.165, 1.54) is 5.56 Å². The highest BCUT2D eigenvalue weighted by molar-refractivity contribution is 5.85. The summed E-state index contributed by atoms with van der Waals surface area (Å²) in [6.07, 6.45) is 0. The Balaban J connectivity index is 0.00000220. The molecule has 120 valence electrons. The number of halogens is 1. The van der Waals surface area contributed by atoms with Gasteiger partial charge in [0.05, 0.1) is 21.3 Å². The molecular formula is C15H25ClN2O3. The number of piperazine rings is 1. The molecule has 1 N–H and O–H groups in total. The fourth-order valence-corrected chi connectivity index (χ4v) is 2.64. The van der Waals surface area contributed by atoms with Crippen molar-refractivity contribution < 1.29 is 14.2 Å². The molecule has 1 saturated heterocycles. The molecule has 0 radical (unpaired) electrons. The van der Waals surface area contributed by atoms with E-state index < -0.39 is 0 Å². The van der Waals surface area contributed by atoms with Crippen molar-refractivity contribution in [2.24, 2.45) is 0 Å². The zero-order chi connectivity index (χ0) is 14.5. The number of hydrogen-bond acceptors (Lipinski definition) is 5. The van der Waals surface area contributed by atoms with Crippen LogP contribution in [0.1, 0.15) is 12.5 Å². The second-order valence-corrected chi connectivity index (χ2v) is 5.12. The highest BCUT2D eigenvalue weighted by Crippen LogP contribution is 2.38. The van der Waals surface area contributed by atoms with Crippen molar-refractivity contribution in [2.45, 2.75) is 19.5 Å². The third-order valence-corrected chi connectivity index (χ3v) is 3.58. The Hall–Kier alpha value is -1.17. The molecular weight excluding hydrogens is 292 g/mol. The van der Waals surface area contributed by atoms with Gasteiger partial charge in [-0.3, -0.25) is 4.90 Å². The van der Waals surface area contributed by atoms with E-state index in [4.69, 9.17) is 14.2 Å². The highest BCUT2D eigenvalue weighted by Gasteiger charge is 2.18. The molecule has 5 nitrogen and oxygen atoms in total. The summed E-state index contributed by atoms with van der Waals surface area (Å²) in [5.41, 5.74) is 1.17. The van der Waals surface area contributed by atoms with Crippen LogP contribution in [-0.2, 0) is 6.54 Å². The molecule has 1 heterocycles. The zero-order valence-electron chi connectivity index (χ0n) is 13.1. The summed E-state index contributed by atoms with van der Waals surface area (Å²) in [5, 5.41) is 3.45. The van der Waals surface area contributed by atoms with Crippen LogP contribution < -0.4 is 19.5 Å². The van der Waals surface area contributed by atoms with Crippen LogP contribution in [0.3, 0.4) is 0 Å². The van der Waals surface area contributed by atoms with E-state index in [9.17, 15) is 0 Å². The second kappa shape index (κ2) is 8.32. The highest BCUT2D eigenvalue weighted by atomic mass is 35.5. The summed E-state index contributed by atoms with van der Waals surface area (Å²) in [6.45, 7) is 6.24. The molecule has 6 heteroatoms. The summed E-state index contributed by atoms with van der Waals surface area (Å²) in [7, 11) is 4.92. The van der Waals surface area contributed by atoms with E-state index in [1.54, 1.807) is 21.3 Å². The maximum Gasteiger partial charge on any atom is 0.203 e. The molecule has 1 aliphatic heterocycles. The molecule has 1 aromatic carbocycles. The molecule has 1 fully saturated rings. The average Bonchev–Trinajstić information content (AvgIpc) is 2.46. The first-order valence-corrected chi connectivity index (χ1v) is 6.92. The lowest BCUT2D eigenvalue weighted by atomic mass is 10.1. The van der Waals surface area contributed by atoms with Crippen molar-refractivity contribution >= 4 is 12.4 Å². The van der Waals surface area contributed by atoms with Gasteiger partial charge in [-0.15, -0.1) is 12.4 Å². The number of ether oxygens (including phenoxy) is 3. The SMILES string of the molecule is COc1cc(CN2CCN[C@@H](C)C2)cc(OC)c1OC.Cl. The van der Waals surface area contributed by atoms with Crippen LogP contribution >= 0.6 is 12.4 Å². The Morgan fingerprint density at radius 2 is 1.76 bits per heavy atom. The van der Waals surface area contributed by atoms with Gasteiger partial charge >= 0.3 is 0 Å². The minimum atomic E-state index is 0. The number of nitrogens with zero attached hydrogens (tertiary/aromatic N) is 1. The lowest BCUT2D eigenvalue weighted by Crippen LogP contribution is -2.48. The lowest BCUT2D eigenvalue weighted by Gasteiger charge is -2.32. The predicted octanol–water partition coefficient (Wildman–Crippen LogP) is 1.93. The largest absolute Gasteiger partial charge is 0.493 e. The minimum Gasteiger partial charge on any atom is -0.493 e. The number of benzene rings is 1. The molecule has 0 unspecified atom stereocenters. The molecule has 0 amide bonds. The first-order chi connectivity index (χ1) is 9.67. The molecule has 0 saturated carbocycles. The van der Waals surface area contributed by atoms with Gasteiger partial charge < -0.3 is 19.5 Å². The molecule has 1 aromatic rings. The van der Waals surface area contributed by atoms with E-state index in [-0.39, 0.29) is 12.4 Å². The molecule has 0 aliphatic carbocycles. The fraction of sp³-hybridized carbons (Fsp3) is 0.600. The molecule has 0 bridgehead atoms. The van der Waals surface area contributed by atoms with E-state index in [0.717, 1.165) is 26.2 Å². The number of hydrogen-bond donors (Lipinski definition) is 1. The monoisotopic (exact) mass is 316 g/mol. The van der Waals surface area contributed by atoms with Crippen molar-refractivity contribution in [3.63, 3.8) is 0 Å². The summed E-state index contributed by atoms with van der Waals surface area (Å²) >= 11 is 0. The van der Waals surface area contributed by atoms with Crippen molar-refractivity contribution in [2.75, 3.05) is 41.0 Å². The van der Waals surface area contributed by atoms with Gasteiger partial charge in [0.15, 0.2) is 11.5 Å². The van der Waals surface area contributed by atoms with Crippen molar-refractivity contribution in [1.82, 2.24) is 10.2 Å². The Labute approximate surface area is 133 Å². The van der Waals surface area contributed by atoms with Gasteiger partial charge in [-0.2, -0.15) is 0 Å². The molecule has 1 aliphatic rings. The molecule has 1 atom stereocenters. The van der Waals surface area contributed by atoms with Gasteiger partial charge in [0.1, 0.15) is 0 Å². The summed E-state index contributed by atoms with van der Waals surface area (Å²) < 4.78 is 16.1. The van der Waals surface area contributed by atoms with Gasteiger partial charge in [-0.1, -0.05) is 0 Å². The zero-order valence-corrected chi connectivity index (χ0v) is 14.0. The van der Waals surface area contributed by atoms with Crippen LogP contribution in [0, 0.1) is 0 Å².